The fourth-order valence-electron chi connectivity index (χ4n) is 3.07. The van der Waals surface area contributed by atoms with Crippen molar-refractivity contribution in [1.29, 1.82) is 0 Å². The van der Waals surface area contributed by atoms with Gasteiger partial charge < -0.3 is 4.52 Å². The number of hydrogen-bond donors (Lipinski definition) is 0. The topological polar surface area (TPSA) is 63.4 Å². The highest BCUT2D eigenvalue weighted by atomic mass is 32.2. The van der Waals surface area contributed by atoms with Gasteiger partial charge in [-0.1, -0.05) is 49.3 Å². The average Bonchev–Trinajstić information content (AvgIpc) is 3.14. The van der Waals surface area contributed by atoms with E-state index >= 15 is 0 Å². The Labute approximate surface area is 143 Å². The first-order valence-electron chi connectivity index (χ1n) is 8.37. The first kappa shape index (κ1) is 17.2. The van der Waals surface area contributed by atoms with Crippen molar-refractivity contribution in [3.05, 3.63) is 53.4 Å². The van der Waals surface area contributed by atoms with Crippen LogP contribution in [0, 0.1) is 0 Å². The monoisotopic (exact) mass is 348 g/mol. The summed E-state index contributed by atoms with van der Waals surface area (Å²) in [7, 11) is -2.92. The lowest BCUT2D eigenvalue weighted by Gasteiger charge is -2.27. The van der Waals surface area contributed by atoms with E-state index < -0.39 is 9.84 Å². The van der Waals surface area contributed by atoms with Crippen molar-refractivity contribution in [3.63, 3.8) is 0 Å². The van der Waals surface area contributed by atoms with E-state index in [1.807, 2.05) is 24.3 Å². The Morgan fingerprint density at radius 1 is 1.25 bits per heavy atom. The van der Waals surface area contributed by atoms with Crippen LogP contribution in [0.4, 0.5) is 0 Å². The highest BCUT2D eigenvalue weighted by molar-refractivity contribution is 7.91. The third-order valence-electron chi connectivity index (χ3n) is 4.48. The molecule has 2 heterocycles. The van der Waals surface area contributed by atoms with E-state index in [0.29, 0.717) is 25.4 Å². The molecule has 0 spiro atoms. The van der Waals surface area contributed by atoms with E-state index in [-0.39, 0.29) is 17.5 Å². The van der Waals surface area contributed by atoms with Gasteiger partial charge in [-0.3, -0.25) is 4.90 Å². The molecule has 0 aliphatic carbocycles. The number of hydrogen-bond acceptors (Lipinski definition) is 5. The molecule has 6 heteroatoms. The zero-order valence-electron chi connectivity index (χ0n) is 14.2. The van der Waals surface area contributed by atoms with Crippen LogP contribution in [0.25, 0.3) is 0 Å². The number of nitrogens with zero attached hydrogens (tertiary/aromatic N) is 2. The lowest BCUT2D eigenvalue weighted by atomic mass is 10.1. The molecule has 1 fully saturated rings. The van der Waals surface area contributed by atoms with Gasteiger partial charge in [0.15, 0.2) is 15.6 Å². The Balaban J connectivity index is 1.78. The smallest absolute Gasteiger partial charge is 0.151 e. The summed E-state index contributed by atoms with van der Waals surface area (Å²) in [5.74, 6) is 1.61. The molecule has 1 saturated heterocycles. The summed E-state index contributed by atoms with van der Waals surface area (Å²) in [6, 6.07) is 12.1. The van der Waals surface area contributed by atoms with Gasteiger partial charge in [-0.2, -0.15) is 0 Å². The Kier molecular flexibility index (Phi) is 5.06. The van der Waals surface area contributed by atoms with Gasteiger partial charge in [0.1, 0.15) is 0 Å². The lowest BCUT2D eigenvalue weighted by Crippen LogP contribution is -2.35. The molecule has 0 radical (unpaired) electrons. The van der Waals surface area contributed by atoms with Gasteiger partial charge >= 0.3 is 0 Å². The number of benzene rings is 1. The Hall–Kier alpha value is -1.66. The van der Waals surface area contributed by atoms with Crippen LogP contribution >= 0.6 is 0 Å². The molecule has 0 N–H and O–H groups in total. The summed E-state index contributed by atoms with van der Waals surface area (Å²) < 4.78 is 29.2. The number of sulfone groups is 1. The minimum Gasteiger partial charge on any atom is -0.360 e. The van der Waals surface area contributed by atoms with E-state index in [1.165, 1.54) is 5.56 Å². The van der Waals surface area contributed by atoms with Crippen LogP contribution < -0.4 is 0 Å². The van der Waals surface area contributed by atoms with Crippen LogP contribution in [0.2, 0.25) is 0 Å². The molecule has 0 unspecified atom stereocenters. The molecule has 1 atom stereocenters. The lowest BCUT2D eigenvalue weighted by molar-refractivity contribution is 0.172. The van der Waals surface area contributed by atoms with Gasteiger partial charge in [0.2, 0.25) is 0 Å². The van der Waals surface area contributed by atoms with E-state index in [2.05, 4.69) is 36.0 Å². The first-order chi connectivity index (χ1) is 11.4. The SMILES string of the molecule is CC(C)c1cc(CN(Cc2ccccc2)[C@H]2CCS(=O)(=O)C2)on1. The molecular formula is C18H24N2O3S. The molecule has 0 amide bonds. The summed E-state index contributed by atoms with van der Waals surface area (Å²) in [5.41, 5.74) is 2.11. The minimum absolute atomic E-state index is 0.0304. The van der Waals surface area contributed by atoms with Crippen LogP contribution in [-0.4, -0.2) is 36.0 Å². The predicted octanol–water partition coefficient (Wildman–Crippen LogP) is 2.99. The van der Waals surface area contributed by atoms with Crippen molar-refractivity contribution >= 4 is 9.84 Å². The predicted molar refractivity (Wildman–Crippen MR) is 93.3 cm³/mol. The largest absolute Gasteiger partial charge is 0.360 e. The average molecular weight is 348 g/mol. The second-order valence-corrected chi connectivity index (χ2v) is 9.05. The fraction of sp³-hybridized carbons (Fsp3) is 0.500. The standard InChI is InChI=1S/C18H24N2O3S/c1-14(2)18-10-17(23-19-18)12-20(11-15-6-4-3-5-7-15)16-8-9-24(21,22)13-16/h3-7,10,14,16H,8-9,11-13H2,1-2H3/t16-/m0/s1. The van der Waals surface area contributed by atoms with Gasteiger partial charge in [-0.25, -0.2) is 8.42 Å². The molecule has 1 aliphatic rings. The van der Waals surface area contributed by atoms with Gasteiger partial charge in [-0.05, 0) is 17.9 Å². The Morgan fingerprint density at radius 2 is 2.00 bits per heavy atom. The molecule has 24 heavy (non-hydrogen) atoms. The third kappa shape index (κ3) is 4.24. The van der Waals surface area contributed by atoms with Crippen LogP contribution in [0.1, 0.15) is 43.2 Å². The maximum Gasteiger partial charge on any atom is 0.151 e. The third-order valence-corrected chi connectivity index (χ3v) is 6.23. The first-order valence-corrected chi connectivity index (χ1v) is 10.2. The highest BCUT2D eigenvalue weighted by Crippen LogP contribution is 2.23. The van der Waals surface area contributed by atoms with Crippen molar-refractivity contribution in [2.45, 2.75) is 45.3 Å². The summed E-state index contributed by atoms with van der Waals surface area (Å²) in [6.07, 6.45) is 0.681. The Bertz CT molecular complexity index is 769. The normalized spacial score (nSPS) is 20.1. The van der Waals surface area contributed by atoms with Crippen LogP contribution in [0.15, 0.2) is 40.9 Å². The maximum atomic E-state index is 11.9. The molecule has 0 bridgehead atoms. The van der Waals surface area contributed by atoms with Crippen LogP contribution in [-0.2, 0) is 22.9 Å². The second-order valence-electron chi connectivity index (χ2n) is 6.82. The number of aromatic nitrogens is 1. The number of rotatable bonds is 6. The molecule has 1 aromatic heterocycles. The molecule has 5 nitrogen and oxygen atoms in total. The second kappa shape index (κ2) is 7.07. The van der Waals surface area contributed by atoms with Gasteiger partial charge in [0.05, 0.1) is 23.7 Å². The van der Waals surface area contributed by atoms with E-state index in [0.717, 1.165) is 11.5 Å². The van der Waals surface area contributed by atoms with E-state index in [4.69, 9.17) is 4.52 Å². The highest BCUT2D eigenvalue weighted by Gasteiger charge is 2.32. The van der Waals surface area contributed by atoms with Crippen molar-refractivity contribution in [2.24, 2.45) is 0 Å². The van der Waals surface area contributed by atoms with E-state index in [9.17, 15) is 8.42 Å². The van der Waals surface area contributed by atoms with Crippen molar-refractivity contribution < 1.29 is 12.9 Å². The van der Waals surface area contributed by atoms with Crippen molar-refractivity contribution in [1.82, 2.24) is 10.1 Å². The minimum atomic E-state index is -2.92. The van der Waals surface area contributed by atoms with Gasteiger partial charge in [0.25, 0.3) is 0 Å². The maximum absolute atomic E-state index is 11.9. The van der Waals surface area contributed by atoms with Crippen molar-refractivity contribution in [2.75, 3.05) is 11.5 Å². The molecular weight excluding hydrogens is 324 g/mol. The van der Waals surface area contributed by atoms with Crippen LogP contribution in [0.3, 0.4) is 0 Å². The molecule has 2 aromatic rings. The fourth-order valence-corrected chi connectivity index (χ4v) is 4.83. The van der Waals surface area contributed by atoms with E-state index in [1.54, 1.807) is 0 Å². The summed E-state index contributed by atoms with van der Waals surface area (Å²) >= 11 is 0. The molecule has 1 aliphatic heterocycles. The molecule has 1 aromatic carbocycles. The van der Waals surface area contributed by atoms with Crippen molar-refractivity contribution in [3.8, 4) is 0 Å². The summed E-state index contributed by atoms with van der Waals surface area (Å²) in [5, 5.41) is 4.11. The molecule has 130 valence electrons. The van der Waals surface area contributed by atoms with Crippen LogP contribution in [0.5, 0.6) is 0 Å². The summed E-state index contributed by atoms with van der Waals surface area (Å²) in [6.45, 7) is 5.44. The van der Waals surface area contributed by atoms with Gasteiger partial charge in [0, 0.05) is 18.7 Å². The molecule has 3 rings (SSSR count). The summed E-state index contributed by atoms with van der Waals surface area (Å²) in [4.78, 5) is 2.20. The zero-order valence-corrected chi connectivity index (χ0v) is 15.0. The Morgan fingerprint density at radius 3 is 2.58 bits per heavy atom. The molecule has 0 saturated carbocycles. The zero-order chi connectivity index (χ0) is 17.2. The quantitative estimate of drug-likeness (QED) is 0.803. The van der Waals surface area contributed by atoms with Gasteiger partial charge in [-0.15, -0.1) is 0 Å².